The van der Waals surface area contributed by atoms with E-state index in [1.807, 2.05) is 0 Å². The molecule has 1 atom stereocenters. The van der Waals surface area contributed by atoms with Crippen molar-refractivity contribution in [3.05, 3.63) is 85.1 Å². The molecule has 6 nitrogen and oxygen atoms in total. The van der Waals surface area contributed by atoms with Crippen LogP contribution < -0.4 is 0 Å². The maximum atomic E-state index is 12.9. The largest absolute Gasteiger partial charge is 0.462 e. The number of hydrogen-bond donors (Lipinski definition) is 0. The Hall–Kier alpha value is -3.41. The van der Waals surface area contributed by atoms with Crippen molar-refractivity contribution in [2.45, 2.75) is 303 Å². The molecule has 0 aliphatic carbocycles. The van der Waals surface area contributed by atoms with Gasteiger partial charge in [0.05, 0.1) is 0 Å². The highest BCUT2D eigenvalue weighted by Crippen LogP contribution is 2.16. The molecule has 0 aromatic heterocycles. The number of carbonyl (C=O) groups excluding carboxylic acids is 3. The first-order chi connectivity index (χ1) is 35.5. The van der Waals surface area contributed by atoms with Crippen molar-refractivity contribution in [2.75, 3.05) is 13.2 Å². The summed E-state index contributed by atoms with van der Waals surface area (Å²) in [6, 6.07) is 0. The van der Waals surface area contributed by atoms with Crippen LogP contribution in [0, 0.1) is 0 Å². The number of ether oxygens (including phenoxy) is 3. The standard InChI is InChI=1S/C66H114O6/c1-4-7-10-13-16-19-22-25-27-28-29-30-31-32-33-34-35-36-37-38-39-42-44-47-50-53-56-59-65(68)71-62-63(61-70-64(67)58-55-52-49-46-43-40-24-21-18-15-12-9-6-3)72-66(69)60-57-54-51-48-45-41-26-23-20-17-14-11-8-5-2/h7,10,16,19,23,25-27,29-30,32-33,35-36,63H,4-6,8-9,11-15,17-18,20-22,24,28,31,34,37-62H2,1-3H3/b10-7-,19-16-,26-23-,27-25-,30-29-,33-32-,36-35-. The number of rotatable bonds is 55. The highest BCUT2D eigenvalue weighted by atomic mass is 16.6. The molecule has 0 radical (unpaired) electrons. The summed E-state index contributed by atoms with van der Waals surface area (Å²) in [4.78, 5) is 38.2. The summed E-state index contributed by atoms with van der Waals surface area (Å²) in [6.45, 7) is 6.52. The number of unbranched alkanes of at least 4 members (excludes halogenated alkanes) is 30. The van der Waals surface area contributed by atoms with E-state index >= 15 is 0 Å². The van der Waals surface area contributed by atoms with Crippen LogP contribution in [0.25, 0.3) is 0 Å². The SMILES string of the molecule is CC/C=C\C/C=C\C/C=C\C/C=C\C/C=C\C/C=C\CCCCCCCCCCC(=O)OCC(COC(=O)CCCCCCCCCCCCCCC)OC(=O)CCCCCCC/C=C\CCCCCCC. The van der Waals surface area contributed by atoms with Crippen LogP contribution in [-0.4, -0.2) is 37.2 Å². The minimum Gasteiger partial charge on any atom is -0.462 e. The van der Waals surface area contributed by atoms with E-state index in [-0.39, 0.29) is 31.1 Å². The minimum absolute atomic E-state index is 0.0794. The third kappa shape index (κ3) is 57.5. The molecule has 6 heteroatoms. The zero-order valence-electron chi connectivity index (χ0n) is 47.4. The van der Waals surface area contributed by atoms with Crippen molar-refractivity contribution < 1.29 is 28.6 Å². The van der Waals surface area contributed by atoms with E-state index in [0.717, 1.165) is 116 Å². The quantitative estimate of drug-likeness (QED) is 0.0261. The van der Waals surface area contributed by atoms with Crippen LogP contribution in [0.2, 0.25) is 0 Å². The van der Waals surface area contributed by atoms with Gasteiger partial charge >= 0.3 is 17.9 Å². The molecule has 414 valence electrons. The summed E-state index contributed by atoms with van der Waals surface area (Å²) in [6.07, 6.45) is 78.6. The fourth-order valence-electron chi connectivity index (χ4n) is 8.56. The van der Waals surface area contributed by atoms with E-state index in [4.69, 9.17) is 14.2 Å². The number of hydrogen-bond acceptors (Lipinski definition) is 6. The fourth-order valence-corrected chi connectivity index (χ4v) is 8.56. The molecule has 0 aromatic carbocycles. The van der Waals surface area contributed by atoms with Gasteiger partial charge in [-0.05, 0) is 96.3 Å². The van der Waals surface area contributed by atoms with Gasteiger partial charge < -0.3 is 14.2 Å². The smallest absolute Gasteiger partial charge is 0.306 e. The van der Waals surface area contributed by atoms with Crippen LogP contribution in [0.15, 0.2) is 85.1 Å². The van der Waals surface area contributed by atoms with Gasteiger partial charge in [-0.25, -0.2) is 0 Å². The molecular weight excluding hydrogens is 889 g/mol. The molecule has 0 bridgehead atoms. The predicted molar refractivity (Wildman–Crippen MR) is 311 cm³/mol. The second kappa shape index (κ2) is 60.1. The Kier molecular flexibility index (Phi) is 57.3. The lowest BCUT2D eigenvalue weighted by molar-refractivity contribution is -0.167. The maximum Gasteiger partial charge on any atom is 0.306 e. The van der Waals surface area contributed by atoms with E-state index in [9.17, 15) is 14.4 Å². The van der Waals surface area contributed by atoms with Crippen molar-refractivity contribution in [3.63, 3.8) is 0 Å². The first-order valence-corrected chi connectivity index (χ1v) is 30.6. The first kappa shape index (κ1) is 68.6. The average molecular weight is 1000 g/mol. The molecule has 0 heterocycles. The lowest BCUT2D eigenvalue weighted by atomic mass is 10.0. The topological polar surface area (TPSA) is 78.9 Å². The Bertz CT molecular complexity index is 1380. The first-order valence-electron chi connectivity index (χ1n) is 30.6. The normalized spacial score (nSPS) is 12.7. The lowest BCUT2D eigenvalue weighted by Gasteiger charge is -2.18. The Morgan fingerprint density at radius 2 is 0.542 bits per heavy atom. The van der Waals surface area contributed by atoms with E-state index in [2.05, 4.69) is 106 Å². The van der Waals surface area contributed by atoms with E-state index in [1.54, 1.807) is 0 Å². The Balaban J connectivity index is 4.30. The van der Waals surface area contributed by atoms with Crippen LogP contribution in [0.5, 0.6) is 0 Å². The molecule has 0 spiro atoms. The fraction of sp³-hybridized carbons (Fsp3) is 0.742. The summed E-state index contributed by atoms with van der Waals surface area (Å²) in [7, 11) is 0. The van der Waals surface area contributed by atoms with E-state index < -0.39 is 6.10 Å². The van der Waals surface area contributed by atoms with Gasteiger partial charge in [0.15, 0.2) is 6.10 Å². The number of esters is 3. The second-order valence-electron chi connectivity index (χ2n) is 20.2. The van der Waals surface area contributed by atoms with Gasteiger partial charge in [-0.1, -0.05) is 266 Å². The summed E-state index contributed by atoms with van der Waals surface area (Å²) in [5.41, 5.74) is 0. The molecule has 0 aliphatic rings. The lowest BCUT2D eigenvalue weighted by Crippen LogP contribution is -2.30. The van der Waals surface area contributed by atoms with Crippen LogP contribution in [0.1, 0.15) is 297 Å². The molecule has 0 saturated carbocycles. The summed E-state index contributed by atoms with van der Waals surface area (Å²) in [5, 5.41) is 0. The third-order valence-corrected chi connectivity index (χ3v) is 13.1. The van der Waals surface area contributed by atoms with Crippen molar-refractivity contribution in [3.8, 4) is 0 Å². The maximum absolute atomic E-state index is 12.9. The molecule has 72 heavy (non-hydrogen) atoms. The van der Waals surface area contributed by atoms with Gasteiger partial charge in [-0.3, -0.25) is 14.4 Å². The molecule has 0 fully saturated rings. The Morgan fingerprint density at radius 3 is 0.861 bits per heavy atom. The Morgan fingerprint density at radius 1 is 0.292 bits per heavy atom. The van der Waals surface area contributed by atoms with E-state index in [0.29, 0.717) is 19.3 Å². The predicted octanol–water partition coefficient (Wildman–Crippen LogP) is 20.7. The molecule has 1 unspecified atom stereocenters. The molecule has 0 N–H and O–H groups in total. The van der Waals surface area contributed by atoms with Crippen molar-refractivity contribution in [1.82, 2.24) is 0 Å². The molecule has 0 aromatic rings. The van der Waals surface area contributed by atoms with Gasteiger partial charge in [0, 0.05) is 19.3 Å². The van der Waals surface area contributed by atoms with Gasteiger partial charge in [0.1, 0.15) is 13.2 Å². The van der Waals surface area contributed by atoms with Crippen molar-refractivity contribution in [2.24, 2.45) is 0 Å². The highest BCUT2D eigenvalue weighted by molar-refractivity contribution is 5.71. The molecule has 0 saturated heterocycles. The molecule has 0 aliphatic heterocycles. The monoisotopic (exact) mass is 1000 g/mol. The number of carbonyl (C=O) groups is 3. The molecular formula is C66H114O6. The zero-order chi connectivity index (χ0) is 52.2. The van der Waals surface area contributed by atoms with Gasteiger partial charge in [-0.2, -0.15) is 0 Å². The zero-order valence-corrected chi connectivity index (χ0v) is 47.4. The minimum atomic E-state index is -0.783. The van der Waals surface area contributed by atoms with Crippen LogP contribution in [0.4, 0.5) is 0 Å². The highest BCUT2D eigenvalue weighted by Gasteiger charge is 2.19. The Labute approximate surface area is 445 Å². The van der Waals surface area contributed by atoms with Crippen LogP contribution in [0.3, 0.4) is 0 Å². The van der Waals surface area contributed by atoms with Crippen molar-refractivity contribution >= 4 is 17.9 Å². The van der Waals surface area contributed by atoms with Gasteiger partial charge in [0.25, 0.3) is 0 Å². The second-order valence-corrected chi connectivity index (χ2v) is 20.2. The summed E-state index contributed by atoms with van der Waals surface area (Å²) < 4.78 is 16.9. The molecule has 0 amide bonds. The molecule has 0 rings (SSSR count). The van der Waals surface area contributed by atoms with Crippen LogP contribution in [-0.2, 0) is 28.6 Å². The van der Waals surface area contributed by atoms with Gasteiger partial charge in [0.2, 0.25) is 0 Å². The number of allylic oxidation sites excluding steroid dienone is 14. The van der Waals surface area contributed by atoms with Crippen LogP contribution >= 0.6 is 0 Å². The average Bonchev–Trinajstić information content (AvgIpc) is 3.38. The van der Waals surface area contributed by atoms with Crippen molar-refractivity contribution in [1.29, 1.82) is 0 Å². The van der Waals surface area contributed by atoms with E-state index in [1.165, 1.54) is 141 Å². The summed E-state index contributed by atoms with van der Waals surface area (Å²) in [5.74, 6) is -0.887. The van der Waals surface area contributed by atoms with Gasteiger partial charge in [-0.15, -0.1) is 0 Å². The third-order valence-electron chi connectivity index (χ3n) is 13.1. The summed E-state index contributed by atoms with van der Waals surface area (Å²) >= 11 is 0.